The number of halogens is 1. The lowest BCUT2D eigenvalue weighted by atomic mass is 9.80. The Morgan fingerprint density at radius 1 is 1.48 bits per heavy atom. The van der Waals surface area contributed by atoms with E-state index in [-0.39, 0.29) is 29.1 Å². The molecule has 0 saturated heterocycles. The summed E-state index contributed by atoms with van der Waals surface area (Å²) in [4.78, 5) is 11.8. The smallest absolute Gasteiger partial charge is 0.340 e. The van der Waals surface area contributed by atoms with Gasteiger partial charge in [-0.05, 0) is 38.3 Å². The molecule has 21 heavy (non-hydrogen) atoms. The van der Waals surface area contributed by atoms with Crippen LogP contribution < -0.4 is 11.1 Å². The number of hydrogen-bond donors (Lipinski definition) is 2. The number of carbonyl (C=O) groups excluding carboxylic acids is 1. The first-order valence-corrected chi connectivity index (χ1v) is 7.06. The summed E-state index contributed by atoms with van der Waals surface area (Å²) in [6.07, 6.45) is 2.99. The molecular weight excluding hydrogens is 275 g/mol. The molecule has 0 heterocycles. The first kappa shape index (κ1) is 15.6. The number of anilines is 2. The second-order valence-electron chi connectivity index (χ2n) is 5.23. The predicted octanol–water partition coefficient (Wildman–Crippen LogP) is 2.57. The topological polar surface area (TPSA) is 73.6 Å². The standard InChI is InChI=1S/C15H21FN2O3/c1-3-21-14(19)10-7-13(11(16)8-12(10)17)18-9-15(20-2)5-4-6-15/h7-8,18H,3-6,9,17H2,1-2H3. The van der Waals surface area contributed by atoms with Crippen molar-refractivity contribution < 1.29 is 18.7 Å². The van der Waals surface area contributed by atoms with Gasteiger partial charge in [0.15, 0.2) is 0 Å². The molecule has 2 rings (SSSR count). The van der Waals surface area contributed by atoms with Gasteiger partial charge in [0.05, 0.1) is 23.5 Å². The summed E-state index contributed by atoms with van der Waals surface area (Å²) in [6, 6.07) is 2.53. The Labute approximate surface area is 123 Å². The second kappa shape index (κ2) is 6.30. The Morgan fingerprint density at radius 3 is 2.71 bits per heavy atom. The molecule has 6 heteroatoms. The van der Waals surface area contributed by atoms with Gasteiger partial charge in [0.1, 0.15) is 5.82 Å². The Kier molecular flexibility index (Phi) is 4.67. The van der Waals surface area contributed by atoms with Gasteiger partial charge >= 0.3 is 5.97 Å². The monoisotopic (exact) mass is 296 g/mol. The van der Waals surface area contributed by atoms with E-state index in [0.717, 1.165) is 25.3 Å². The van der Waals surface area contributed by atoms with E-state index in [1.165, 1.54) is 6.07 Å². The van der Waals surface area contributed by atoms with Crippen molar-refractivity contribution in [2.45, 2.75) is 31.8 Å². The third-order valence-electron chi connectivity index (χ3n) is 3.93. The van der Waals surface area contributed by atoms with Gasteiger partial charge in [-0.3, -0.25) is 0 Å². The van der Waals surface area contributed by atoms with Crippen LogP contribution in [0, 0.1) is 5.82 Å². The van der Waals surface area contributed by atoms with Gasteiger partial charge in [-0.25, -0.2) is 9.18 Å². The largest absolute Gasteiger partial charge is 0.462 e. The number of nitrogen functional groups attached to an aromatic ring is 1. The number of methoxy groups -OCH3 is 1. The maximum Gasteiger partial charge on any atom is 0.340 e. The molecule has 1 aliphatic rings. The zero-order chi connectivity index (χ0) is 15.5. The average Bonchev–Trinajstić information content (AvgIpc) is 2.40. The molecule has 0 aromatic heterocycles. The van der Waals surface area contributed by atoms with Crippen molar-refractivity contribution in [3.8, 4) is 0 Å². The Bertz CT molecular complexity index is 524. The fraction of sp³-hybridized carbons (Fsp3) is 0.533. The highest BCUT2D eigenvalue weighted by Crippen LogP contribution is 2.35. The van der Waals surface area contributed by atoms with Crippen molar-refractivity contribution in [2.75, 3.05) is 31.3 Å². The highest BCUT2D eigenvalue weighted by Gasteiger charge is 2.36. The van der Waals surface area contributed by atoms with Crippen molar-refractivity contribution in [3.63, 3.8) is 0 Å². The van der Waals surface area contributed by atoms with Crippen LogP contribution in [0.4, 0.5) is 15.8 Å². The third kappa shape index (κ3) is 3.26. The summed E-state index contributed by atoms with van der Waals surface area (Å²) in [5, 5.41) is 3.01. The molecule has 1 aromatic rings. The summed E-state index contributed by atoms with van der Waals surface area (Å²) in [5.74, 6) is -1.05. The van der Waals surface area contributed by atoms with Crippen molar-refractivity contribution in [1.82, 2.24) is 0 Å². The normalized spacial score (nSPS) is 16.1. The van der Waals surface area contributed by atoms with Crippen LogP contribution in [0.15, 0.2) is 12.1 Å². The van der Waals surface area contributed by atoms with Gasteiger partial charge in [-0.15, -0.1) is 0 Å². The lowest BCUT2D eigenvalue weighted by Gasteiger charge is -2.40. The van der Waals surface area contributed by atoms with Crippen LogP contribution in [-0.2, 0) is 9.47 Å². The molecule has 0 aliphatic heterocycles. The van der Waals surface area contributed by atoms with Crippen LogP contribution in [0.5, 0.6) is 0 Å². The van der Waals surface area contributed by atoms with Crippen molar-refractivity contribution in [2.24, 2.45) is 0 Å². The third-order valence-corrected chi connectivity index (χ3v) is 3.93. The molecule has 0 unspecified atom stereocenters. The number of nitrogens with two attached hydrogens (primary N) is 1. The predicted molar refractivity (Wildman–Crippen MR) is 78.8 cm³/mol. The van der Waals surface area contributed by atoms with E-state index < -0.39 is 11.8 Å². The number of benzene rings is 1. The first-order valence-electron chi connectivity index (χ1n) is 7.06. The van der Waals surface area contributed by atoms with E-state index >= 15 is 0 Å². The molecule has 1 aliphatic carbocycles. The van der Waals surface area contributed by atoms with Crippen molar-refractivity contribution in [3.05, 3.63) is 23.5 Å². The summed E-state index contributed by atoms with van der Waals surface area (Å²) in [7, 11) is 1.66. The first-order chi connectivity index (χ1) is 10.0. The van der Waals surface area contributed by atoms with Crippen molar-refractivity contribution in [1.29, 1.82) is 0 Å². The zero-order valence-electron chi connectivity index (χ0n) is 12.4. The number of nitrogens with one attached hydrogen (secondary N) is 1. The summed E-state index contributed by atoms with van der Waals surface area (Å²) in [6.45, 7) is 2.44. The maximum absolute atomic E-state index is 13.9. The minimum atomic E-state index is -0.553. The van der Waals surface area contributed by atoms with Crippen molar-refractivity contribution >= 4 is 17.3 Å². The van der Waals surface area contributed by atoms with Gasteiger partial charge < -0.3 is 20.5 Å². The van der Waals surface area contributed by atoms with Gasteiger partial charge in [0.2, 0.25) is 0 Å². The molecule has 116 valence electrons. The van der Waals surface area contributed by atoms with E-state index in [2.05, 4.69) is 5.32 Å². The van der Waals surface area contributed by atoms with Crippen LogP contribution in [0.25, 0.3) is 0 Å². The van der Waals surface area contributed by atoms with Gasteiger partial charge in [0.25, 0.3) is 0 Å². The minimum absolute atomic E-state index is 0.0709. The lowest BCUT2D eigenvalue weighted by Crippen LogP contribution is -2.45. The highest BCUT2D eigenvalue weighted by molar-refractivity contribution is 5.96. The number of carbonyl (C=O) groups is 1. The van der Waals surface area contributed by atoms with E-state index in [0.29, 0.717) is 6.54 Å². The quantitative estimate of drug-likeness (QED) is 0.623. The number of hydrogen-bond acceptors (Lipinski definition) is 5. The van der Waals surface area contributed by atoms with Crippen LogP contribution in [0.2, 0.25) is 0 Å². The zero-order valence-corrected chi connectivity index (χ0v) is 12.4. The number of ether oxygens (including phenoxy) is 2. The molecule has 0 radical (unpaired) electrons. The van der Waals surface area contributed by atoms with E-state index in [9.17, 15) is 9.18 Å². The van der Waals surface area contributed by atoms with E-state index in [1.54, 1.807) is 14.0 Å². The van der Waals surface area contributed by atoms with Crippen LogP contribution in [0.1, 0.15) is 36.5 Å². The van der Waals surface area contributed by atoms with Crippen LogP contribution >= 0.6 is 0 Å². The van der Waals surface area contributed by atoms with Gasteiger partial charge in [-0.1, -0.05) is 0 Å². The second-order valence-corrected chi connectivity index (χ2v) is 5.23. The molecule has 1 fully saturated rings. The SMILES string of the molecule is CCOC(=O)c1cc(NCC2(OC)CCC2)c(F)cc1N. The molecule has 1 aromatic carbocycles. The lowest BCUT2D eigenvalue weighted by molar-refractivity contribution is -0.0601. The molecule has 3 N–H and O–H groups in total. The van der Waals surface area contributed by atoms with Crippen LogP contribution in [-0.4, -0.2) is 31.8 Å². The molecule has 0 atom stereocenters. The fourth-order valence-corrected chi connectivity index (χ4v) is 2.39. The van der Waals surface area contributed by atoms with E-state index in [4.69, 9.17) is 15.2 Å². The van der Waals surface area contributed by atoms with E-state index in [1.807, 2.05) is 0 Å². The fourth-order valence-electron chi connectivity index (χ4n) is 2.39. The summed E-state index contributed by atoms with van der Waals surface area (Å²) in [5.41, 5.74) is 5.91. The maximum atomic E-state index is 13.9. The highest BCUT2D eigenvalue weighted by atomic mass is 19.1. The number of rotatable bonds is 6. The van der Waals surface area contributed by atoms with Crippen LogP contribution in [0.3, 0.4) is 0 Å². The molecule has 1 saturated carbocycles. The molecular formula is C15H21FN2O3. The molecule has 0 spiro atoms. The number of esters is 1. The van der Waals surface area contributed by atoms with Gasteiger partial charge in [-0.2, -0.15) is 0 Å². The Hall–Kier alpha value is -1.82. The molecule has 5 nitrogen and oxygen atoms in total. The average molecular weight is 296 g/mol. The molecule has 0 amide bonds. The molecule has 0 bridgehead atoms. The Morgan fingerprint density at radius 2 is 2.19 bits per heavy atom. The summed E-state index contributed by atoms with van der Waals surface area (Å²) < 4.78 is 24.3. The minimum Gasteiger partial charge on any atom is -0.462 e. The van der Waals surface area contributed by atoms with Gasteiger partial charge in [0, 0.05) is 19.3 Å². The Balaban J connectivity index is 2.15. The summed E-state index contributed by atoms with van der Waals surface area (Å²) >= 11 is 0.